The van der Waals surface area contributed by atoms with Crippen molar-refractivity contribution in [3.63, 3.8) is 0 Å². The van der Waals surface area contributed by atoms with Crippen molar-refractivity contribution >= 4 is 6.03 Å². The SMILES string of the molecule is CCN(CCO)C(=O)NCc1cccc(OC2CCCCC2)c1. The predicted octanol–water partition coefficient (Wildman–Crippen LogP) is 2.92. The molecule has 2 amide bonds. The number of carbonyl (C=O) groups is 1. The van der Waals surface area contributed by atoms with Gasteiger partial charge in [0.25, 0.3) is 0 Å². The molecule has 0 atom stereocenters. The summed E-state index contributed by atoms with van der Waals surface area (Å²) < 4.78 is 6.05. The number of urea groups is 1. The third kappa shape index (κ3) is 5.75. The second-order valence-corrected chi connectivity index (χ2v) is 5.99. The lowest BCUT2D eigenvalue weighted by molar-refractivity contribution is 0.155. The molecule has 0 aliphatic heterocycles. The van der Waals surface area contributed by atoms with Crippen molar-refractivity contribution in [2.24, 2.45) is 0 Å². The average Bonchev–Trinajstić information content (AvgIpc) is 2.59. The molecule has 1 aliphatic carbocycles. The van der Waals surface area contributed by atoms with E-state index in [-0.39, 0.29) is 12.6 Å². The highest BCUT2D eigenvalue weighted by Gasteiger charge is 2.15. The molecule has 5 heteroatoms. The number of aliphatic hydroxyl groups excluding tert-OH is 1. The van der Waals surface area contributed by atoms with E-state index in [9.17, 15) is 4.79 Å². The second kappa shape index (κ2) is 9.40. The van der Waals surface area contributed by atoms with Crippen LogP contribution in [0, 0.1) is 0 Å². The monoisotopic (exact) mass is 320 g/mol. The fraction of sp³-hybridized carbons (Fsp3) is 0.611. The van der Waals surface area contributed by atoms with Gasteiger partial charge in [0.1, 0.15) is 5.75 Å². The maximum absolute atomic E-state index is 12.0. The molecule has 0 radical (unpaired) electrons. The first kappa shape index (κ1) is 17.6. The van der Waals surface area contributed by atoms with Gasteiger partial charge in [0.2, 0.25) is 0 Å². The number of amides is 2. The average molecular weight is 320 g/mol. The summed E-state index contributed by atoms with van der Waals surface area (Å²) in [7, 11) is 0. The highest BCUT2D eigenvalue weighted by atomic mass is 16.5. The highest BCUT2D eigenvalue weighted by molar-refractivity contribution is 5.74. The minimum absolute atomic E-state index is 0.0219. The fourth-order valence-corrected chi connectivity index (χ4v) is 2.92. The van der Waals surface area contributed by atoms with Crippen molar-refractivity contribution in [2.75, 3.05) is 19.7 Å². The highest BCUT2D eigenvalue weighted by Crippen LogP contribution is 2.23. The van der Waals surface area contributed by atoms with E-state index in [1.165, 1.54) is 19.3 Å². The molecular weight excluding hydrogens is 292 g/mol. The van der Waals surface area contributed by atoms with Crippen LogP contribution in [0.5, 0.6) is 5.75 Å². The number of rotatable bonds is 7. The van der Waals surface area contributed by atoms with Gasteiger partial charge in [-0.25, -0.2) is 4.79 Å². The largest absolute Gasteiger partial charge is 0.490 e. The van der Waals surface area contributed by atoms with Crippen LogP contribution in [0.1, 0.15) is 44.6 Å². The van der Waals surface area contributed by atoms with Gasteiger partial charge in [-0.3, -0.25) is 0 Å². The molecule has 0 heterocycles. The maximum Gasteiger partial charge on any atom is 0.317 e. The number of nitrogens with zero attached hydrogens (tertiary/aromatic N) is 1. The summed E-state index contributed by atoms with van der Waals surface area (Å²) in [4.78, 5) is 13.6. The Morgan fingerprint density at radius 1 is 1.35 bits per heavy atom. The zero-order valence-corrected chi connectivity index (χ0v) is 14.0. The van der Waals surface area contributed by atoms with E-state index in [0.29, 0.717) is 25.7 Å². The summed E-state index contributed by atoms with van der Waals surface area (Å²) in [6, 6.07) is 7.77. The van der Waals surface area contributed by atoms with Gasteiger partial charge in [0, 0.05) is 19.6 Å². The molecule has 0 unspecified atom stereocenters. The van der Waals surface area contributed by atoms with Crippen LogP contribution in [0.15, 0.2) is 24.3 Å². The molecular formula is C18H28N2O3. The fourth-order valence-electron chi connectivity index (χ4n) is 2.92. The molecule has 2 rings (SSSR count). The topological polar surface area (TPSA) is 61.8 Å². The van der Waals surface area contributed by atoms with Gasteiger partial charge in [0.15, 0.2) is 0 Å². The van der Waals surface area contributed by atoms with Gasteiger partial charge in [-0.05, 0) is 50.3 Å². The van der Waals surface area contributed by atoms with Crippen molar-refractivity contribution in [1.82, 2.24) is 10.2 Å². The van der Waals surface area contributed by atoms with E-state index in [1.54, 1.807) is 4.90 Å². The first-order valence-electron chi connectivity index (χ1n) is 8.62. The van der Waals surface area contributed by atoms with Crippen molar-refractivity contribution < 1.29 is 14.6 Å². The van der Waals surface area contributed by atoms with Crippen molar-refractivity contribution in [2.45, 2.75) is 51.7 Å². The van der Waals surface area contributed by atoms with Gasteiger partial charge in [-0.2, -0.15) is 0 Å². The van der Waals surface area contributed by atoms with Crippen LogP contribution in [0.3, 0.4) is 0 Å². The lowest BCUT2D eigenvalue weighted by Gasteiger charge is -2.23. The van der Waals surface area contributed by atoms with Gasteiger partial charge < -0.3 is 20.1 Å². The smallest absolute Gasteiger partial charge is 0.317 e. The van der Waals surface area contributed by atoms with Crippen LogP contribution in [0.4, 0.5) is 4.79 Å². The summed E-state index contributed by atoms with van der Waals surface area (Å²) in [5.74, 6) is 0.881. The molecule has 1 saturated carbocycles. The van der Waals surface area contributed by atoms with E-state index in [2.05, 4.69) is 5.32 Å². The minimum atomic E-state index is -0.153. The van der Waals surface area contributed by atoms with Crippen LogP contribution in [-0.2, 0) is 6.54 Å². The Labute approximate surface area is 138 Å². The Kier molecular flexibility index (Phi) is 7.20. The molecule has 1 aliphatic rings. The summed E-state index contributed by atoms with van der Waals surface area (Å²) in [5, 5.41) is 11.8. The van der Waals surface area contributed by atoms with Crippen LogP contribution >= 0.6 is 0 Å². The van der Waals surface area contributed by atoms with E-state index in [1.807, 2.05) is 31.2 Å². The number of hydrogen-bond acceptors (Lipinski definition) is 3. The molecule has 1 aromatic rings. The van der Waals surface area contributed by atoms with Crippen LogP contribution in [0.2, 0.25) is 0 Å². The Morgan fingerprint density at radius 2 is 2.13 bits per heavy atom. The normalized spacial score (nSPS) is 15.2. The predicted molar refractivity (Wildman–Crippen MR) is 90.5 cm³/mol. The molecule has 5 nitrogen and oxygen atoms in total. The number of hydrogen-bond donors (Lipinski definition) is 2. The molecule has 1 aromatic carbocycles. The summed E-state index contributed by atoms with van der Waals surface area (Å²) >= 11 is 0. The van der Waals surface area contributed by atoms with Gasteiger partial charge >= 0.3 is 6.03 Å². The van der Waals surface area contributed by atoms with Gasteiger partial charge in [-0.15, -0.1) is 0 Å². The number of benzene rings is 1. The Morgan fingerprint density at radius 3 is 2.83 bits per heavy atom. The number of likely N-dealkylation sites (N-methyl/N-ethyl adjacent to an activating group) is 1. The van der Waals surface area contributed by atoms with Crippen molar-refractivity contribution in [3.8, 4) is 5.75 Å². The molecule has 1 fully saturated rings. The first-order valence-corrected chi connectivity index (χ1v) is 8.62. The number of aliphatic hydroxyl groups is 1. The van der Waals surface area contributed by atoms with Gasteiger partial charge in [0.05, 0.1) is 12.7 Å². The van der Waals surface area contributed by atoms with Crippen LogP contribution in [-0.4, -0.2) is 41.8 Å². The Balaban J connectivity index is 1.85. The Bertz CT molecular complexity index is 487. The quantitative estimate of drug-likeness (QED) is 0.812. The molecule has 2 N–H and O–H groups in total. The van der Waals surface area contributed by atoms with Gasteiger partial charge in [-0.1, -0.05) is 18.6 Å². The van der Waals surface area contributed by atoms with Crippen LogP contribution < -0.4 is 10.1 Å². The number of ether oxygens (including phenoxy) is 1. The second-order valence-electron chi connectivity index (χ2n) is 5.99. The summed E-state index contributed by atoms with van der Waals surface area (Å²) in [6.07, 6.45) is 6.40. The van der Waals surface area contributed by atoms with Crippen molar-refractivity contribution in [3.05, 3.63) is 29.8 Å². The van der Waals surface area contributed by atoms with E-state index < -0.39 is 0 Å². The molecule has 0 saturated heterocycles. The zero-order valence-electron chi connectivity index (χ0n) is 14.0. The van der Waals surface area contributed by atoms with E-state index in [4.69, 9.17) is 9.84 Å². The van der Waals surface area contributed by atoms with Crippen LogP contribution in [0.25, 0.3) is 0 Å². The number of nitrogens with one attached hydrogen (secondary N) is 1. The van der Waals surface area contributed by atoms with E-state index >= 15 is 0 Å². The lowest BCUT2D eigenvalue weighted by atomic mass is 9.98. The zero-order chi connectivity index (χ0) is 16.5. The number of carbonyl (C=O) groups excluding carboxylic acids is 1. The molecule has 0 bridgehead atoms. The first-order chi connectivity index (χ1) is 11.2. The van der Waals surface area contributed by atoms with E-state index in [0.717, 1.165) is 24.2 Å². The lowest BCUT2D eigenvalue weighted by Crippen LogP contribution is -2.41. The Hall–Kier alpha value is -1.75. The molecule has 0 spiro atoms. The third-order valence-electron chi connectivity index (χ3n) is 4.24. The minimum Gasteiger partial charge on any atom is -0.490 e. The molecule has 23 heavy (non-hydrogen) atoms. The summed E-state index contributed by atoms with van der Waals surface area (Å²) in [5.41, 5.74) is 1.02. The summed E-state index contributed by atoms with van der Waals surface area (Å²) in [6.45, 7) is 3.27. The molecule has 128 valence electrons. The third-order valence-corrected chi connectivity index (χ3v) is 4.24. The maximum atomic E-state index is 12.0. The standard InChI is InChI=1S/C18H28N2O3/c1-2-20(11-12-21)18(22)19-14-15-7-6-10-17(13-15)23-16-8-4-3-5-9-16/h6-7,10,13,16,21H,2-5,8-9,11-12,14H2,1H3,(H,19,22). The van der Waals surface area contributed by atoms with Crippen molar-refractivity contribution in [1.29, 1.82) is 0 Å². The molecule has 0 aromatic heterocycles.